The highest BCUT2D eigenvalue weighted by molar-refractivity contribution is 5.71. The van der Waals surface area contributed by atoms with Gasteiger partial charge >= 0.3 is 17.9 Å². The summed E-state index contributed by atoms with van der Waals surface area (Å²) in [6.45, 7) is 4.77. The standard InChI is InChI=1S/C70H121NO8/c1-6-8-10-12-14-16-18-20-22-24-26-28-30-31-32-33-34-35-36-37-39-41-43-45-47-49-51-53-55-57-59-61-68(73)79-66(65-78-70(69(74)75)76-63-62-71(3,4)5)64-77-67(72)60-58-56-54-52-50-48-46-44-42-40-38-29-27-25-23-21-19-17-15-13-11-9-7-2/h8,10,14,16,20,22,25-28,31-32,34-35,37,39,66,70H,6-7,9,11-13,15,17-19,21,23-24,29-30,33,36,38,40-65H2,1-5H3/p+1/b10-8-,16-14-,22-20-,27-25-,28-26-,32-31-,35-34-,39-37-. The predicted molar refractivity (Wildman–Crippen MR) is 336 cm³/mol. The average molecular weight is 1110 g/mol. The number of aliphatic carboxylic acids is 1. The summed E-state index contributed by atoms with van der Waals surface area (Å²) in [5, 5.41) is 9.73. The minimum Gasteiger partial charge on any atom is -0.477 e. The van der Waals surface area contributed by atoms with E-state index in [1.165, 1.54) is 148 Å². The molecule has 0 aliphatic rings. The lowest BCUT2D eigenvalue weighted by molar-refractivity contribution is -0.870. The largest absolute Gasteiger partial charge is 0.477 e. The molecule has 0 radical (unpaired) electrons. The number of unbranched alkanes of at least 4 members (excludes halogenated alkanes) is 28. The van der Waals surface area contributed by atoms with E-state index in [0.29, 0.717) is 23.9 Å². The molecule has 0 rings (SSSR count). The number of hydrogen-bond donors (Lipinski definition) is 1. The van der Waals surface area contributed by atoms with Crippen molar-refractivity contribution < 1.29 is 42.9 Å². The summed E-state index contributed by atoms with van der Waals surface area (Å²) in [7, 11) is 5.97. The number of nitrogens with zero attached hydrogens (tertiary/aromatic N) is 1. The Morgan fingerprint density at radius 3 is 1.09 bits per heavy atom. The number of allylic oxidation sites excluding steroid dienone is 16. The predicted octanol–water partition coefficient (Wildman–Crippen LogP) is 19.7. The summed E-state index contributed by atoms with van der Waals surface area (Å²) in [5.41, 5.74) is 0. The molecule has 454 valence electrons. The third-order valence-corrected chi connectivity index (χ3v) is 13.8. The quantitative estimate of drug-likeness (QED) is 0.0211. The van der Waals surface area contributed by atoms with E-state index in [4.69, 9.17) is 18.9 Å². The molecule has 0 spiro atoms. The van der Waals surface area contributed by atoms with Crippen LogP contribution in [0.15, 0.2) is 97.2 Å². The van der Waals surface area contributed by atoms with Crippen molar-refractivity contribution in [3.05, 3.63) is 97.2 Å². The van der Waals surface area contributed by atoms with Crippen LogP contribution in [-0.4, -0.2) is 87.4 Å². The number of likely N-dealkylation sites (N-methyl/N-ethyl adjacent to an activating group) is 1. The van der Waals surface area contributed by atoms with E-state index in [0.717, 1.165) is 89.9 Å². The fourth-order valence-corrected chi connectivity index (χ4v) is 8.87. The van der Waals surface area contributed by atoms with Crippen LogP contribution in [0.4, 0.5) is 0 Å². The Hall–Kier alpha value is -3.79. The van der Waals surface area contributed by atoms with E-state index in [2.05, 4.69) is 111 Å². The number of hydrogen-bond acceptors (Lipinski definition) is 7. The molecular formula is C70H122NO8+. The molecule has 0 aromatic heterocycles. The van der Waals surface area contributed by atoms with Crippen LogP contribution in [0.2, 0.25) is 0 Å². The van der Waals surface area contributed by atoms with E-state index < -0.39 is 24.3 Å². The molecule has 79 heavy (non-hydrogen) atoms. The molecule has 9 heteroatoms. The third kappa shape index (κ3) is 61.7. The van der Waals surface area contributed by atoms with Gasteiger partial charge in [0.2, 0.25) is 0 Å². The van der Waals surface area contributed by atoms with Gasteiger partial charge in [-0.2, -0.15) is 0 Å². The highest BCUT2D eigenvalue weighted by Gasteiger charge is 2.25. The van der Waals surface area contributed by atoms with Crippen LogP contribution >= 0.6 is 0 Å². The van der Waals surface area contributed by atoms with Crippen LogP contribution < -0.4 is 0 Å². The molecule has 0 amide bonds. The van der Waals surface area contributed by atoms with Crippen molar-refractivity contribution in [1.82, 2.24) is 0 Å². The van der Waals surface area contributed by atoms with Crippen LogP contribution in [0.3, 0.4) is 0 Å². The van der Waals surface area contributed by atoms with Crippen molar-refractivity contribution in [2.24, 2.45) is 0 Å². The zero-order valence-electron chi connectivity index (χ0n) is 51.8. The molecule has 0 saturated carbocycles. The topological polar surface area (TPSA) is 108 Å². The Morgan fingerprint density at radius 1 is 0.392 bits per heavy atom. The highest BCUT2D eigenvalue weighted by atomic mass is 16.7. The first-order valence-electron chi connectivity index (χ1n) is 32.4. The monoisotopic (exact) mass is 1100 g/mol. The van der Waals surface area contributed by atoms with Crippen LogP contribution in [0.5, 0.6) is 0 Å². The highest BCUT2D eigenvalue weighted by Crippen LogP contribution is 2.16. The van der Waals surface area contributed by atoms with Gasteiger partial charge in [-0.15, -0.1) is 0 Å². The summed E-state index contributed by atoms with van der Waals surface area (Å²) < 4.78 is 22.9. The van der Waals surface area contributed by atoms with Crippen molar-refractivity contribution in [2.45, 2.75) is 283 Å². The van der Waals surface area contributed by atoms with E-state index in [1.807, 2.05) is 21.1 Å². The van der Waals surface area contributed by atoms with Gasteiger partial charge in [-0.05, 0) is 96.3 Å². The number of carbonyl (C=O) groups excluding carboxylic acids is 2. The molecule has 0 bridgehead atoms. The summed E-state index contributed by atoms with van der Waals surface area (Å²) in [4.78, 5) is 37.5. The first kappa shape index (κ1) is 75.2. The zero-order chi connectivity index (χ0) is 57.6. The molecule has 0 saturated heterocycles. The maximum Gasteiger partial charge on any atom is 0.361 e. The van der Waals surface area contributed by atoms with Gasteiger partial charge in [0.1, 0.15) is 13.2 Å². The fraction of sp³-hybridized carbons (Fsp3) is 0.729. The van der Waals surface area contributed by atoms with Crippen molar-refractivity contribution in [3.8, 4) is 0 Å². The number of carboxylic acids is 1. The summed E-state index contributed by atoms with van der Waals surface area (Å²) in [5.74, 6) is -2.01. The maximum atomic E-state index is 12.9. The molecule has 9 nitrogen and oxygen atoms in total. The van der Waals surface area contributed by atoms with E-state index >= 15 is 0 Å². The van der Waals surface area contributed by atoms with E-state index in [9.17, 15) is 19.5 Å². The molecule has 1 N–H and O–H groups in total. The van der Waals surface area contributed by atoms with E-state index in [1.54, 1.807) is 0 Å². The van der Waals surface area contributed by atoms with Gasteiger partial charge in [-0.1, -0.05) is 259 Å². The van der Waals surface area contributed by atoms with Gasteiger partial charge in [-0.3, -0.25) is 9.59 Å². The second-order valence-electron chi connectivity index (χ2n) is 22.7. The van der Waals surface area contributed by atoms with Gasteiger partial charge in [-0.25, -0.2) is 4.79 Å². The minimum atomic E-state index is -1.52. The number of rotatable bonds is 59. The number of esters is 2. The second kappa shape index (κ2) is 60.3. The van der Waals surface area contributed by atoms with Gasteiger partial charge in [0, 0.05) is 12.8 Å². The molecule has 0 aliphatic heterocycles. The Balaban J connectivity index is 4.21. The Labute approximate surface area is 486 Å². The minimum absolute atomic E-state index is 0.183. The molecule has 0 fully saturated rings. The van der Waals surface area contributed by atoms with E-state index in [-0.39, 0.29) is 32.2 Å². The maximum absolute atomic E-state index is 12.9. The fourth-order valence-electron chi connectivity index (χ4n) is 8.87. The van der Waals surface area contributed by atoms with Gasteiger partial charge < -0.3 is 28.5 Å². The number of carboxylic acid groups (broad SMARTS) is 1. The third-order valence-electron chi connectivity index (χ3n) is 13.8. The Bertz CT molecular complexity index is 1620. The first-order valence-corrected chi connectivity index (χ1v) is 32.4. The zero-order valence-corrected chi connectivity index (χ0v) is 51.8. The van der Waals surface area contributed by atoms with Crippen LogP contribution in [-0.2, 0) is 33.3 Å². The lowest BCUT2D eigenvalue weighted by atomic mass is 10.0. The number of quaternary nitrogens is 1. The van der Waals surface area contributed by atoms with Crippen LogP contribution in [0.1, 0.15) is 271 Å². The summed E-state index contributed by atoms with van der Waals surface area (Å²) in [6, 6.07) is 0. The molecule has 0 aliphatic carbocycles. The molecule has 0 aromatic rings. The number of ether oxygens (including phenoxy) is 4. The van der Waals surface area contributed by atoms with Gasteiger partial charge in [0.25, 0.3) is 6.29 Å². The molecule has 0 aromatic carbocycles. The summed E-state index contributed by atoms with van der Waals surface area (Å²) >= 11 is 0. The lowest BCUT2D eigenvalue weighted by Gasteiger charge is -2.25. The smallest absolute Gasteiger partial charge is 0.361 e. The number of carbonyl (C=O) groups is 3. The summed E-state index contributed by atoms with van der Waals surface area (Å²) in [6.07, 6.45) is 79.2. The van der Waals surface area contributed by atoms with Crippen molar-refractivity contribution >= 4 is 17.9 Å². The molecule has 2 atom stereocenters. The van der Waals surface area contributed by atoms with Crippen molar-refractivity contribution in [1.29, 1.82) is 0 Å². The Kier molecular flexibility index (Phi) is 57.4. The van der Waals surface area contributed by atoms with Gasteiger partial charge in [0.15, 0.2) is 6.10 Å². The first-order chi connectivity index (χ1) is 38.6. The molecule has 2 unspecified atom stereocenters. The van der Waals surface area contributed by atoms with Crippen molar-refractivity contribution in [2.75, 3.05) is 47.5 Å². The second-order valence-corrected chi connectivity index (χ2v) is 22.7. The van der Waals surface area contributed by atoms with Crippen molar-refractivity contribution in [3.63, 3.8) is 0 Å². The van der Waals surface area contributed by atoms with Gasteiger partial charge in [0.05, 0.1) is 34.4 Å². The normalized spacial score (nSPS) is 13.4. The van der Waals surface area contributed by atoms with Crippen LogP contribution in [0, 0.1) is 0 Å². The lowest BCUT2D eigenvalue weighted by Crippen LogP contribution is -2.40. The van der Waals surface area contributed by atoms with Crippen LogP contribution in [0.25, 0.3) is 0 Å². The SMILES string of the molecule is CC/C=C\C/C=C\C/C=C\C/C=C\C/C=C\C/C=C\C/C=C\CCCCCCCCCCCC(=O)OC(COC(=O)CCCCCCCCCCCCC/C=C\CCCCCCCCCC)COC(OCC[N+](C)(C)C)C(=O)O. The Morgan fingerprint density at radius 2 is 0.722 bits per heavy atom. The molecule has 0 heterocycles. The molecular weight excluding hydrogens is 983 g/mol. The average Bonchev–Trinajstić information content (AvgIpc) is 3.42.